The molecule has 33 heavy (non-hydrogen) atoms. The number of aryl methyl sites for hydroxylation is 1. The molecule has 3 rings (SSSR count). The van der Waals surface area contributed by atoms with Gasteiger partial charge in [-0.15, -0.1) is 0 Å². The van der Waals surface area contributed by atoms with Gasteiger partial charge in [0.1, 0.15) is 17.6 Å². The second-order valence-corrected chi connectivity index (χ2v) is 8.83. The van der Waals surface area contributed by atoms with Crippen molar-refractivity contribution < 1.29 is 18.7 Å². The number of hydrogen-bond donors (Lipinski definition) is 1. The Labute approximate surface area is 196 Å². The Kier molecular flexibility index (Phi) is 9.28. The van der Waals surface area contributed by atoms with E-state index in [2.05, 4.69) is 5.32 Å². The van der Waals surface area contributed by atoms with Gasteiger partial charge in [0.25, 0.3) is 0 Å². The van der Waals surface area contributed by atoms with Gasteiger partial charge in [-0.3, -0.25) is 9.59 Å². The van der Waals surface area contributed by atoms with Gasteiger partial charge in [0.2, 0.25) is 11.8 Å². The number of halogens is 1. The van der Waals surface area contributed by atoms with Crippen LogP contribution in [0.3, 0.4) is 0 Å². The highest BCUT2D eigenvalue weighted by molar-refractivity contribution is 5.87. The number of rotatable bonds is 11. The van der Waals surface area contributed by atoms with E-state index < -0.39 is 6.04 Å². The summed E-state index contributed by atoms with van der Waals surface area (Å²) in [6.07, 6.45) is 5.58. The molecular formula is C27H35FN2O3. The molecule has 0 saturated heterocycles. The summed E-state index contributed by atoms with van der Waals surface area (Å²) in [6.45, 7) is 4.63. The molecule has 178 valence electrons. The summed E-state index contributed by atoms with van der Waals surface area (Å²) in [7, 11) is 0. The van der Waals surface area contributed by atoms with Crippen LogP contribution in [0, 0.1) is 12.7 Å². The van der Waals surface area contributed by atoms with Crippen LogP contribution in [0.15, 0.2) is 48.5 Å². The zero-order valence-corrected chi connectivity index (χ0v) is 19.7. The molecule has 1 atom stereocenters. The van der Waals surface area contributed by atoms with Crippen LogP contribution in [0.25, 0.3) is 0 Å². The predicted molar refractivity (Wildman–Crippen MR) is 127 cm³/mol. The third kappa shape index (κ3) is 7.58. The lowest BCUT2D eigenvalue weighted by molar-refractivity contribution is -0.141. The van der Waals surface area contributed by atoms with Gasteiger partial charge in [0.15, 0.2) is 0 Å². The molecule has 1 fully saturated rings. The van der Waals surface area contributed by atoms with Crippen molar-refractivity contribution in [1.82, 2.24) is 10.2 Å². The molecule has 6 heteroatoms. The topological polar surface area (TPSA) is 58.6 Å². The van der Waals surface area contributed by atoms with Gasteiger partial charge in [-0.1, -0.05) is 49.6 Å². The van der Waals surface area contributed by atoms with Gasteiger partial charge in [-0.2, -0.15) is 0 Å². The Bertz CT molecular complexity index is 893. The fraction of sp³-hybridized carbons (Fsp3) is 0.481. The Morgan fingerprint density at radius 1 is 1.09 bits per heavy atom. The van der Waals surface area contributed by atoms with E-state index in [9.17, 15) is 14.0 Å². The highest BCUT2D eigenvalue weighted by atomic mass is 19.1. The van der Waals surface area contributed by atoms with Crippen LogP contribution in [0.4, 0.5) is 4.39 Å². The number of amides is 2. The van der Waals surface area contributed by atoms with Gasteiger partial charge < -0.3 is 15.0 Å². The molecule has 1 N–H and O–H groups in total. The minimum absolute atomic E-state index is 0.0970. The smallest absolute Gasteiger partial charge is 0.243 e. The van der Waals surface area contributed by atoms with E-state index in [1.807, 2.05) is 38.1 Å². The zero-order valence-electron chi connectivity index (χ0n) is 19.7. The molecule has 0 radical (unpaired) electrons. The van der Waals surface area contributed by atoms with E-state index in [0.29, 0.717) is 19.4 Å². The molecule has 0 bridgehead atoms. The predicted octanol–water partition coefficient (Wildman–Crippen LogP) is 5.16. The van der Waals surface area contributed by atoms with E-state index >= 15 is 0 Å². The first-order chi connectivity index (χ1) is 16.0. The van der Waals surface area contributed by atoms with Crippen molar-refractivity contribution >= 4 is 11.8 Å². The number of benzene rings is 2. The van der Waals surface area contributed by atoms with E-state index in [4.69, 9.17) is 4.74 Å². The molecule has 0 aromatic heterocycles. The summed E-state index contributed by atoms with van der Waals surface area (Å²) in [6, 6.07) is 13.5. The van der Waals surface area contributed by atoms with Crippen molar-refractivity contribution in [3.63, 3.8) is 0 Å². The first kappa shape index (κ1) is 24.7. The van der Waals surface area contributed by atoms with Gasteiger partial charge in [0, 0.05) is 19.0 Å². The van der Waals surface area contributed by atoms with Gasteiger partial charge >= 0.3 is 0 Å². The van der Waals surface area contributed by atoms with Crippen LogP contribution in [-0.2, 0) is 16.1 Å². The summed E-state index contributed by atoms with van der Waals surface area (Å²) in [5, 5.41) is 3.14. The maximum atomic E-state index is 13.4. The van der Waals surface area contributed by atoms with Crippen LogP contribution in [-0.4, -0.2) is 35.4 Å². The highest BCUT2D eigenvalue weighted by Crippen LogP contribution is 2.20. The van der Waals surface area contributed by atoms with Crippen LogP contribution >= 0.6 is 0 Å². The molecule has 0 heterocycles. The first-order valence-corrected chi connectivity index (χ1v) is 12.0. The SMILES string of the molecule is CC[C@H](C(=O)NC1CCCC1)N(Cc1ccc(F)cc1)C(=O)CCCOc1ccc(C)cc1. The maximum absolute atomic E-state index is 13.4. The lowest BCUT2D eigenvalue weighted by atomic mass is 10.1. The van der Waals surface area contributed by atoms with Crippen molar-refractivity contribution in [2.24, 2.45) is 0 Å². The molecule has 1 aliphatic rings. The minimum Gasteiger partial charge on any atom is -0.494 e. The number of carbonyl (C=O) groups excluding carboxylic acids is 2. The highest BCUT2D eigenvalue weighted by Gasteiger charge is 2.30. The van der Waals surface area contributed by atoms with Crippen molar-refractivity contribution in [3.05, 3.63) is 65.5 Å². The maximum Gasteiger partial charge on any atom is 0.243 e. The number of hydrogen-bond acceptors (Lipinski definition) is 3. The molecule has 0 aliphatic heterocycles. The zero-order chi connectivity index (χ0) is 23.6. The Morgan fingerprint density at radius 2 is 1.76 bits per heavy atom. The van der Waals surface area contributed by atoms with Crippen LogP contribution in [0.1, 0.15) is 63.0 Å². The quantitative estimate of drug-likeness (QED) is 0.477. The average Bonchev–Trinajstić information content (AvgIpc) is 3.32. The average molecular weight is 455 g/mol. The third-order valence-corrected chi connectivity index (χ3v) is 6.18. The van der Waals surface area contributed by atoms with Crippen molar-refractivity contribution in [2.75, 3.05) is 6.61 Å². The van der Waals surface area contributed by atoms with Gasteiger partial charge in [-0.25, -0.2) is 4.39 Å². The number of carbonyl (C=O) groups is 2. The molecule has 5 nitrogen and oxygen atoms in total. The fourth-order valence-corrected chi connectivity index (χ4v) is 4.27. The summed E-state index contributed by atoms with van der Waals surface area (Å²) in [5.41, 5.74) is 1.96. The first-order valence-electron chi connectivity index (χ1n) is 12.0. The molecular weight excluding hydrogens is 419 g/mol. The van der Waals surface area contributed by atoms with Crippen molar-refractivity contribution in [3.8, 4) is 5.75 Å². The van der Waals surface area contributed by atoms with E-state index in [1.165, 1.54) is 12.1 Å². The summed E-state index contributed by atoms with van der Waals surface area (Å²) in [4.78, 5) is 27.9. The fourth-order valence-electron chi connectivity index (χ4n) is 4.27. The Hall–Kier alpha value is -2.89. The van der Waals surface area contributed by atoms with Crippen molar-refractivity contribution in [1.29, 1.82) is 0 Å². The second-order valence-electron chi connectivity index (χ2n) is 8.83. The van der Waals surface area contributed by atoms with Gasteiger partial charge in [0.05, 0.1) is 6.61 Å². The molecule has 0 unspecified atom stereocenters. The summed E-state index contributed by atoms with van der Waals surface area (Å²) in [5.74, 6) is 0.255. The summed E-state index contributed by atoms with van der Waals surface area (Å²) >= 11 is 0. The van der Waals surface area contributed by atoms with Crippen LogP contribution in [0.5, 0.6) is 5.75 Å². The minimum atomic E-state index is -0.554. The summed E-state index contributed by atoms with van der Waals surface area (Å²) < 4.78 is 19.1. The molecule has 2 aromatic rings. The molecule has 2 aromatic carbocycles. The lowest BCUT2D eigenvalue weighted by Crippen LogP contribution is -2.50. The third-order valence-electron chi connectivity index (χ3n) is 6.18. The van der Waals surface area contributed by atoms with Crippen molar-refractivity contribution in [2.45, 2.75) is 77.4 Å². The lowest BCUT2D eigenvalue weighted by Gasteiger charge is -2.31. The van der Waals surface area contributed by atoms with E-state index in [0.717, 1.165) is 42.6 Å². The monoisotopic (exact) mass is 454 g/mol. The Balaban J connectivity index is 1.63. The van der Waals surface area contributed by atoms with Crippen LogP contribution < -0.4 is 10.1 Å². The molecule has 1 aliphatic carbocycles. The standard InChI is InChI=1S/C27H35FN2O3/c1-3-25(27(32)29-23-7-4-5-8-23)30(19-21-12-14-22(28)15-13-21)26(31)9-6-18-33-24-16-10-20(2)11-17-24/h10-17,23,25H,3-9,18-19H2,1-2H3,(H,29,32)/t25-/m1/s1. The molecule has 0 spiro atoms. The molecule has 1 saturated carbocycles. The second kappa shape index (κ2) is 12.4. The van der Waals surface area contributed by atoms with Gasteiger partial charge in [-0.05, 0) is 62.4 Å². The van der Waals surface area contributed by atoms with E-state index in [1.54, 1.807) is 17.0 Å². The van der Waals surface area contributed by atoms with E-state index in [-0.39, 0.29) is 36.6 Å². The molecule has 2 amide bonds. The Morgan fingerprint density at radius 3 is 2.39 bits per heavy atom. The largest absolute Gasteiger partial charge is 0.494 e. The number of nitrogens with one attached hydrogen (secondary N) is 1. The number of nitrogens with zero attached hydrogens (tertiary/aromatic N) is 1. The van der Waals surface area contributed by atoms with Crippen LogP contribution in [0.2, 0.25) is 0 Å². The normalized spacial score (nSPS) is 14.6. The number of ether oxygens (including phenoxy) is 1.